The number of hydrogen-bond donors (Lipinski definition) is 0. The van der Waals surface area contributed by atoms with Gasteiger partial charge in [-0.1, -0.05) is 0 Å². The fourth-order valence-corrected chi connectivity index (χ4v) is 0. The van der Waals surface area contributed by atoms with E-state index in [0.717, 1.165) is 0 Å². The van der Waals surface area contributed by atoms with Gasteiger partial charge in [0.1, 0.15) is 0 Å². The van der Waals surface area contributed by atoms with Crippen LogP contribution in [-0.4, -0.2) is 0 Å². The van der Waals surface area contributed by atoms with Crippen LogP contribution in [0.3, 0.4) is 0 Å². The van der Waals surface area contributed by atoms with E-state index in [-0.39, 0.29) is 21.1 Å². The van der Waals surface area contributed by atoms with Crippen molar-refractivity contribution in [2.45, 2.75) is 0 Å². The van der Waals surface area contributed by atoms with Crippen LogP contribution >= 0.6 is 0 Å². The van der Waals surface area contributed by atoms with Crippen molar-refractivity contribution in [1.29, 1.82) is 0 Å². The molecule has 0 saturated carbocycles. The van der Waals surface area contributed by atoms with Crippen LogP contribution in [0.1, 0.15) is 0 Å². The van der Waals surface area contributed by atoms with Crippen molar-refractivity contribution in [1.82, 2.24) is 0 Å². The maximum absolute atomic E-state index is 8.59. The monoisotopic (exact) mass is 416 g/mol. The molecule has 11 heteroatoms. The van der Waals surface area contributed by atoms with Crippen molar-refractivity contribution in [2.24, 2.45) is 0 Å². The predicted octanol–water partition coefficient (Wildman–Crippen LogP) is -5.24. The third-order valence-corrected chi connectivity index (χ3v) is 0. The van der Waals surface area contributed by atoms with Crippen molar-refractivity contribution in [3.05, 3.63) is 0 Å². The quantitative estimate of drug-likeness (QED) is 0.379. The zero-order valence-electron chi connectivity index (χ0n) is 4.49. The molecule has 0 aliphatic heterocycles. The normalized spacial score (nSPS) is 10.5. The third kappa shape index (κ3) is 1330. The van der Waals surface area contributed by atoms with Gasteiger partial charge < -0.3 is 0 Å². The van der Waals surface area contributed by atoms with Crippen LogP contribution in [0.5, 0.6) is 0 Å². The third-order valence-electron chi connectivity index (χ3n) is 0. The van der Waals surface area contributed by atoms with Gasteiger partial charge in [-0.15, -0.1) is 0 Å². The van der Waals surface area contributed by atoms with E-state index in [1.54, 1.807) is 0 Å². The molecule has 0 fully saturated rings. The summed E-state index contributed by atoms with van der Waals surface area (Å²) in [4.78, 5) is 0. The van der Waals surface area contributed by atoms with Crippen LogP contribution in [0.2, 0.25) is 0 Å². The van der Waals surface area contributed by atoms with Crippen molar-refractivity contribution in [3.8, 4) is 0 Å². The van der Waals surface area contributed by atoms with Crippen LogP contribution in [0.15, 0.2) is 0 Å². The Labute approximate surface area is 79.9 Å². The minimum Gasteiger partial charge on any atom is 4.00 e. The van der Waals surface area contributed by atoms with Gasteiger partial charge in [-0.2, -0.15) is 0 Å². The summed E-state index contributed by atoms with van der Waals surface area (Å²) in [5.74, 6) is 0. The molecule has 0 aromatic rings. The summed E-state index contributed by atoms with van der Waals surface area (Å²) >= 11 is -11.5. The molecule has 0 bridgehead atoms. The summed E-state index contributed by atoms with van der Waals surface area (Å²) in [7, 11) is 0. The van der Waals surface area contributed by atoms with Gasteiger partial charge >= 0.3 is 80.1 Å². The van der Waals surface area contributed by atoms with E-state index in [1.807, 2.05) is 0 Å². The van der Waals surface area contributed by atoms with Crippen LogP contribution in [0.25, 0.3) is 0 Å². The standard InChI is InChI=1S/2Cr.8O.W/q;;;;;;4*-1;+4. The Morgan fingerprint density at radius 2 is 0.636 bits per heavy atom. The number of rotatable bonds is 0. The van der Waals surface area contributed by atoms with Crippen molar-refractivity contribution >= 4 is 0 Å². The molecule has 0 aliphatic rings. The van der Waals surface area contributed by atoms with Crippen molar-refractivity contribution in [2.75, 3.05) is 0 Å². The molecule has 0 atom stereocenters. The minimum atomic E-state index is -5.75. The molecule has 0 aromatic carbocycles. The Hall–Kier alpha value is 0.793. The second-order valence-electron chi connectivity index (χ2n) is 0.816. The van der Waals surface area contributed by atoms with E-state index in [2.05, 4.69) is 0 Å². The van der Waals surface area contributed by atoms with Gasteiger partial charge in [0.05, 0.1) is 0 Å². The molecular formula is Cr2O8W. The maximum atomic E-state index is 8.59. The van der Waals surface area contributed by atoms with Crippen LogP contribution in [0.4, 0.5) is 0 Å². The summed E-state index contributed by atoms with van der Waals surface area (Å²) in [6.45, 7) is 0. The van der Waals surface area contributed by atoms with Gasteiger partial charge in [-0.25, -0.2) is 0 Å². The van der Waals surface area contributed by atoms with Crippen molar-refractivity contribution in [3.63, 3.8) is 0 Å². The van der Waals surface area contributed by atoms with Gasteiger partial charge in [0.15, 0.2) is 0 Å². The first kappa shape index (κ1) is 17.8. The largest absolute Gasteiger partial charge is 4.00 e. The molecule has 0 saturated heterocycles. The summed E-state index contributed by atoms with van der Waals surface area (Å²) < 4.78 is 68.8. The van der Waals surface area contributed by atoms with Crippen LogP contribution < -0.4 is 16.6 Å². The van der Waals surface area contributed by atoms with Gasteiger partial charge in [0.25, 0.3) is 0 Å². The molecular weight excluding hydrogens is 416 g/mol. The zero-order chi connectivity index (χ0) is 9.00. The molecule has 0 aliphatic carbocycles. The predicted molar refractivity (Wildman–Crippen MR) is 2.75 cm³/mol. The number of hydrogen-bond acceptors (Lipinski definition) is 8. The smallest absolute Gasteiger partial charge is 4.00 e. The fourth-order valence-electron chi connectivity index (χ4n) is 0. The molecule has 0 aromatic heterocycles. The Bertz CT molecular complexity index is 208. The zero-order valence-corrected chi connectivity index (χ0v) is 9.97. The fraction of sp³-hybridized carbons (Fsp3) is 0. The van der Waals surface area contributed by atoms with Gasteiger partial charge in [-0.3, -0.25) is 0 Å². The van der Waals surface area contributed by atoms with E-state index in [4.69, 9.17) is 31.8 Å². The Balaban J connectivity index is -0.000000107. The minimum absolute atomic E-state index is 0. The molecule has 0 N–H and O–H groups in total. The van der Waals surface area contributed by atoms with Crippen molar-refractivity contribution < 1.29 is 80.1 Å². The van der Waals surface area contributed by atoms with Gasteiger partial charge in [0, 0.05) is 0 Å². The average Bonchev–Trinajstić information content (AvgIpc) is 1.12. The Morgan fingerprint density at radius 3 is 0.636 bits per heavy atom. The molecule has 0 amide bonds. The SMILES string of the molecule is [O]=[Cr](=[O])([O-])[O-].[O]=[Cr](=[O])([O-])[O-].[W+4]. The molecule has 0 unspecified atom stereocenters. The van der Waals surface area contributed by atoms with Crippen LogP contribution in [0, 0.1) is 0 Å². The summed E-state index contributed by atoms with van der Waals surface area (Å²) in [6, 6.07) is 0. The van der Waals surface area contributed by atoms with Crippen LogP contribution in [-0.2, 0) is 63.5 Å². The molecule has 0 spiro atoms. The topological polar surface area (TPSA) is 161 Å². The molecule has 66 valence electrons. The van der Waals surface area contributed by atoms with E-state index in [1.165, 1.54) is 0 Å². The van der Waals surface area contributed by atoms with E-state index in [9.17, 15) is 0 Å². The summed E-state index contributed by atoms with van der Waals surface area (Å²) in [5, 5.41) is 0. The first-order chi connectivity index (χ1) is 4.00. The first-order valence-corrected chi connectivity index (χ1v) is 5.50. The Morgan fingerprint density at radius 1 is 0.636 bits per heavy atom. The van der Waals surface area contributed by atoms with E-state index < -0.39 is 27.2 Å². The molecule has 11 heavy (non-hydrogen) atoms. The van der Waals surface area contributed by atoms with Gasteiger partial charge in [-0.05, 0) is 0 Å². The molecule has 0 heterocycles. The second kappa shape index (κ2) is 6.32. The molecule has 0 rings (SSSR count). The first-order valence-electron chi connectivity index (χ1n) is 1.33. The Kier molecular flexibility index (Phi) is 10.2. The van der Waals surface area contributed by atoms with Gasteiger partial charge in [0.2, 0.25) is 0 Å². The van der Waals surface area contributed by atoms with E-state index >= 15 is 0 Å². The summed E-state index contributed by atoms with van der Waals surface area (Å²) in [6.07, 6.45) is 0. The average molecular weight is 416 g/mol. The van der Waals surface area contributed by atoms with E-state index in [0.29, 0.717) is 0 Å². The maximum Gasteiger partial charge on any atom is 4.00 e. The second-order valence-corrected chi connectivity index (χ2v) is 3.37. The molecule has 8 nitrogen and oxygen atoms in total. The summed E-state index contributed by atoms with van der Waals surface area (Å²) in [5.41, 5.74) is 0. The molecule has 0 radical (unpaired) electrons.